The van der Waals surface area contributed by atoms with Crippen LogP contribution in [0, 0.1) is 5.41 Å². The number of piperidine rings is 1. The zero-order valence-corrected chi connectivity index (χ0v) is 17.2. The summed E-state index contributed by atoms with van der Waals surface area (Å²) in [5.41, 5.74) is 10.1. The Balaban J connectivity index is 1.46. The van der Waals surface area contributed by atoms with Crippen molar-refractivity contribution < 1.29 is 22.0 Å². The van der Waals surface area contributed by atoms with Crippen LogP contribution in [0.5, 0.6) is 0 Å². The van der Waals surface area contributed by atoms with E-state index >= 15 is 0 Å². The molecule has 12 heteroatoms. The van der Waals surface area contributed by atoms with Crippen LogP contribution < -0.4 is 16.4 Å². The lowest BCUT2D eigenvalue weighted by Crippen LogP contribution is -2.40. The van der Waals surface area contributed by atoms with Gasteiger partial charge in [0.25, 0.3) is 5.92 Å². The van der Waals surface area contributed by atoms with Crippen molar-refractivity contribution in [3.8, 4) is 0 Å². The van der Waals surface area contributed by atoms with E-state index in [-0.39, 0.29) is 22.2 Å². The molecule has 0 radical (unpaired) electrons. The van der Waals surface area contributed by atoms with Gasteiger partial charge in [-0.1, -0.05) is 11.8 Å². The van der Waals surface area contributed by atoms with E-state index in [1.807, 2.05) is 4.90 Å². The first kappa shape index (κ1) is 22.0. The lowest BCUT2D eigenvalue weighted by atomic mass is 9.76. The lowest BCUT2D eigenvalue weighted by Gasteiger charge is -2.39. The van der Waals surface area contributed by atoms with Crippen molar-refractivity contribution in [2.75, 3.05) is 23.7 Å². The molecule has 2 aliphatic rings. The van der Waals surface area contributed by atoms with Crippen LogP contribution in [0.1, 0.15) is 31.4 Å². The molecule has 1 aliphatic heterocycles. The number of alkyl halides is 5. The monoisotopic (exact) mass is 460 g/mol. The van der Waals surface area contributed by atoms with Gasteiger partial charge in [0.2, 0.25) is 0 Å². The van der Waals surface area contributed by atoms with Crippen LogP contribution in [-0.2, 0) is 6.18 Å². The third kappa shape index (κ3) is 4.40. The van der Waals surface area contributed by atoms with Crippen LogP contribution in [0.15, 0.2) is 34.4 Å². The third-order valence-electron chi connectivity index (χ3n) is 5.95. The molecule has 1 unspecified atom stereocenters. The number of hydrogen-bond donors (Lipinski definition) is 2. The Labute approximate surface area is 179 Å². The van der Waals surface area contributed by atoms with Gasteiger partial charge in [-0.05, 0) is 36.8 Å². The number of rotatable bonds is 3. The number of nitrogens with zero attached hydrogens (tertiary/aromatic N) is 4. The fraction of sp³-hybridized carbons (Fsp3) is 0.526. The molecule has 1 spiro atoms. The number of aromatic nitrogens is 3. The fourth-order valence-electron chi connectivity index (χ4n) is 4.31. The quantitative estimate of drug-likeness (QED) is 0.670. The minimum atomic E-state index is -4.60. The van der Waals surface area contributed by atoms with E-state index in [9.17, 15) is 22.0 Å². The van der Waals surface area contributed by atoms with Crippen molar-refractivity contribution in [2.24, 2.45) is 11.1 Å². The fourth-order valence-corrected chi connectivity index (χ4v) is 5.19. The van der Waals surface area contributed by atoms with Crippen molar-refractivity contribution in [2.45, 2.75) is 53.7 Å². The number of nitrogens with two attached hydrogens (primary N) is 2. The van der Waals surface area contributed by atoms with Crippen LogP contribution in [0.2, 0.25) is 0 Å². The number of halogens is 5. The van der Waals surface area contributed by atoms with E-state index in [0.29, 0.717) is 38.2 Å². The van der Waals surface area contributed by atoms with Crippen molar-refractivity contribution >= 4 is 23.4 Å². The van der Waals surface area contributed by atoms with E-state index in [1.165, 1.54) is 18.3 Å². The molecule has 4 rings (SSSR count). The topological polar surface area (TPSA) is 94.0 Å². The molecule has 2 aromatic heterocycles. The summed E-state index contributed by atoms with van der Waals surface area (Å²) < 4.78 is 67.3. The highest BCUT2D eigenvalue weighted by Crippen LogP contribution is 2.52. The summed E-state index contributed by atoms with van der Waals surface area (Å²) in [6.45, 7) is 1.01. The van der Waals surface area contributed by atoms with Crippen molar-refractivity contribution in [1.82, 2.24) is 15.0 Å². The Morgan fingerprint density at radius 1 is 1.16 bits per heavy atom. The molecule has 1 saturated carbocycles. The van der Waals surface area contributed by atoms with Crippen LogP contribution in [0.4, 0.5) is 33.6 Å². The largest absolute Gasteiger partial charge is 0.434 e. The average Bonchev–Trinajstić information content (AvgIpc) is 2.91. The molecule has 4 N–H and O–H groups in total. The van der Waals surface area contributed by atoms with Gasteiger partial charge >= 0.3 is 6.18 Å². The first-order valence-electron chi connectivity index (χ1n) is 9.70. The van der Waals surface area contributed by atoms with Crippen LogP contribution in [0.25, 0.3) is 0 Å². The molecule has 0 aromatic carbocycles. The summed E-state index contributed by atoms with van der Waals surface area (Å²) >= 11 is 0.741. The summed E-state index contributed by atoms with van der Waals surface area (Å²) in [6.07, 6.45) is -0.890. The molecule has 0 amide bonds. The minimum Gasteiger partial charge on any atom is -0.381 e. The predicted molar refractivity (Wildman–Crippen MR) is 106 cm³/mol. The molecule has 2 fully saturated rings. The number of hydrogen-bond acceptors (Lipinski definition) is 7. The Morgan fingerprint density at radius 2 is 1.87 bits per heavy atom. The second-order valence-electron chi connectivity index (χ2n) is 8.10. The highest BCUT2D eigenvalue weighted by molar-refractivity contribution is 7.99. The van der Waals surface area contributed by atoms with Crippen molar-refractivity contribution in [3.05, 3.63) is 30.2 Å². The maximum atomic E-state index is 13.9. The standard InChI is InChI=1S/C19H21F5N6S/c20-18(21)10-17(8-12(18)25)3-6-30(7-4-17)13-9-28-16(15(26)29-13)31-11-2-1-5-27-14(11)19(22,23)24/h1-2,5,9,12H,3-4,6-8,10,25H2,(H2,26,29). The smallest absolute Gasteiger partial charge is 0.381 e. The molecule has 1 aliphatic carbocycles. The SMILES string of the molecule is Nc1nc(N2CCC3(CC2)CC(N)C(F)(F)C3)cnc1Sc1cccnc1C(F)(F)F. The first-order chi connectivity index (χ1) is 14.5. The molecule has 1 saturated heterocycles. The number of pyridine rings is 1. The summed E-state index contributed by atoms with van der Waals surface area (Å²) in [4.78, 5) is 13.7. The van der Waals surface area contributed by atoms with Gasteiger partial charge in [0, 0.05) is 30.6 Å². The molecule has 2 aromatic rings. The molecule has 0 bridgehead atoms. The van der Waals surface area contributed by atoms with E-state index in [4.69, 9.17) is 11.5 Å². The molecular weight excluding hydrogens is 439 g/mol. The molecule has 168 valence electrons. The Hall–Kier alpha value is -2.21. The Bertz CT molecular complexity index is 961. The molecular formula is C19H21F5N6S. The van der Waals surface area contributed by atoms with Crippen molar-refractivity contribution in [1.29, 1.82) is 0 Å². The maximum Gasteiger partial charge on any atom is 0.434 e. The van der Waals surface area contributed by atoms with E-state index in [2.05, 4.69) is 15.0 Å². The highest BCUT2D eigenvalue weighted by atomic mass is 32.2. The highest BCUT2D eigenvalue weighted by Gasteiger charge is 2.55. The third-order valence-corrected chi connectivity index (χ3v) is 7.01. The molecule has 1 atom stereocenters. The molecule has 6 nitrogen and oxygen atoms in total. The summed E-state index contributed by atoms with van der Waals surface area (Å²) in [5.74, 6) is -2.38. The van der Waals surface area contributed by atoms with Gasteiger partial charge in [0.1, 0.15) is 10.8 Å². The van der Waals surface area contributed by atoms with Gasteiger partial charge in [-0.3, -0.25) is 4.98 Å². The van der Waals surface area contributed by atoms with E-state index < -0.39 is 29.2 Å². The second kappa shape index (κ2) is 7.73. The second-order valence-corrected chi connectivity index (χ2v) is 9.13. The normalized spacial score (nSPS) is 22.8. The van der Waals surface area contributed by atoms with Gasteiger partial charge in [-0.25, -0.2) is 18.7 Å². The molecule has 3 heterocycles. The minimum absolute atomic E-state index is 0.00538. The van der Waals surface area contributed by atoms with Gasteiger partial charge in [0.15, 0.2) is 11.5 Å². The lowest BCUT2D eigenvalue weighted by molar-refractivity contribution is -0.143. The van der Waals surface area contributed by atoms with E-state index in [0.717, 1.165) is 18.0 Å². The first-order valence-corrected chi connectivity index (χ1v) is 10.5. The maximum absolute atomic E-state index is 13.9. The average molecular weight is 460 g/mol. The number of nitrogen functional groups attached to an aromatic ring is 1. The van der Waals surface area contributed by atoms with Crippen molar-refractivity contribution in [3.63, 3.8) is 0 Å². The zero-order chi connectivity index (χ0) is 22.4. The van der Waals surface area contributed by atoms with Gasteiger partial charge in [-0.2, -0.15) is 13.2 Å². The van der Waals surface area contributed by atoms with Crippen LogP contribution >= 0.6 is 11.8 Å². The van der Waals surface area contributed by atoms with E-state index in [1.54, 1.807) is 0 Å². The van der Waals surface area contributed by atoms with Gasteiger partial charge in [-0.15, -0.1) is 0 Å². The van der Waals surface area contributed by atoms with Gasteiger partial charge in [0.05, 0.1) is 12.2 Å². The Kier molecular flexibility index (Phi) is 5.49. The zero-order valence-electron chi connectivity index (χ0n) is 16.4. The summed E-state index contributed by atoms with van der Waals surface area (Å²) in [7, 11) is 0. The number of anilines is 2. The van der Waals surface area contributed by atoms with Crippen LogP contribution in [0.3, 0.4) is 0 Å². The van der Waals surface area contributed by atoms with Gasteiger partial charge < -0.3 is 16.4 Å². The predicted octanol–water partition coefficient (Wildman–Crippen LogP) is 3.97. The summed E-state index contributed by atoms with van der Waals surface area (Å²) in [5, 5.41) is 0.136. The molecule has 31 heavy (non-hydrogen) atoms. The Morgan fingerprint density at radius 3 is 2.45 bits per heavy atom. The summed E-state index contributed by atoms with van der Waals surface area (Å²) in [6, 6.07) is 1.58. The van der Waals surface area contributed by atoms with Crippen LogP contribution in [-0.4, -0.2) is 40.0 Å².